The predicted octanol–water partition coefficient (Wildman–Crippen LogP) is 5.35. The van der Waals surface area contributed by atoms with Crippen molar-refractivity contribution in [2.45, 2.75) is 45.1 Å². The van der Waals surface area contributed by atoms with E-state index in [1.54, 1.807) is 6.92 Å². The highest BCUT2D eigenvalue weighted by atomic mass is 19.1. The molecule has 3 aromatic rings. The first-order valence-electron chi connectivity index (χ1n) is 10.4. The number of aliphatic carboxylic acids is 1. The van der Waals surface area contributed by atoms with Crippen molar-refractivity contribution < 1.29 is 23.1 Å². The molecule has 1 saturated carbocycles. The minimum atomic E-state index is -1.06. The van der Waals surface area contributed by atoms with Gasteiger partial charge in [-0.3, -0.25) is 4.79 Å². The number of carbonyl (C=O) groups is 1. The fourth-order valence-electron chi connectivity index (χ4n) is 4.68. The highest BCUT2D eigenvalue weighted by Gasteiger charge is 2.46. The van der Waals surface area contributed by atoms with E-state index in [-0.39, 0.29) is 33.5 Å². The van der Waals surface area contributed by atoms with Crippen molar-refractivity contribution in [1.29, 1.82) is 5.26 Å². The molecule has 166 valence electrons. The number of benzene rings is 1. The monoisotopic (exact) mass is 442 g/mol. The van der Waals surface area contributed by atoms with Gasteiger partial charge in [0.15, 0.2) is 11.6 Å². The maximum absolute atomic E-state index is 14.9. The summed E-state index contributed by atoms with van der Waals surface area (Å²) in [5.74, 6) is -3.55. The van der Waals surface area contributed by atoms with Crippen molar-refractivity contribution in [3.8, 4) is 17.3 Å². The number of rotatable bonds is 5. The van der Waals surface area contributed by atoms with Crippen LogP contribution in [0.4, 0.5) is 19.0 Å². The average molecular weight is 442 g/mol. The zero-order valence-electron chi connectivity index (χ0n) is 17.3. The van der Waals surface area contributed by atoms with Crippen LogP contribution >= 0.6 is 0 Å². The lowest BCUT2D eigenvalue weighted by Gasteiger charge is -2.40. The van der Waals surface area contributed by atoms with Gasteiger partial charge in [-0.1, -0.05) is 19.8 Å². The largest absolute Gasteiger partial charge is 0.481 e. The molecule has 2 heterocycles. The van der Waals surface area contributed by atoms with Gasteiger partial charge in [0.1, 0.15) is 17.7 Å². The van der Waals surface area contributed by atoms with Gasteiger partial charge in [-0.05, 0) is 31.4 Å². The molecule has 0 spiro atoms. The summed E-state index contributed by atoms with van der Waals surface area (Å²) in [4.78, 5) is 19.1. The fourth-order valence-corrected chi connectivity index (χ4v) is 4.68. The molecule has 0 radical (unpaired) electrons. The molecule has 32 heavy (non-hydrogen) atoms. The Balaban J connectivity index is 1.83. The second-order valence-electron chi connectivity index (χ2n) is 8.10. The van der Waals surface area contributed by atoms with Crippen molar-refractivity contribution in [1.82, 2.24) is 9.97 Å². The molecular weight excluding hydrogens is 421 g/mol. The van der Waals surface area contributed by atoms with Gasteiger partial charge in [-0.25, -0.2) is 18.2 Å². The summed E-state index contributed by atoms with van der Waals surface area (Å²) in [5, 5.41) is 22.5. The van der Waals surface area contributed by atoms with Gasteiger partial charge in [-0.2, -0.15) is 5.26 Å². The third kappa shape index (κ3) is 3.45. The summed E-state index contributed by atoms with van der Waals surface area (Å²) in [6, 6.07) is 4.15. The zero-order valence-corrected chi connectivity index (χ0v) is 17.3. The number of anilines is 1. The van der Waals surface area contributed by atoms with Gasteiger partial charge in [0.2, 0.25) is 0 Å². The molecule has 2 aromatic heterocycles. The summed E-state index contributed by atoms with van der Waals surface area (Å²) in [6.45, 7) is 1.79. The SMILES string of the molecule is CC[C@@]1(C(=O)O)CCCCC1Nc1nc(-c2c[nH]c3c(F)cc(F)cc23)c(C#N)cc1F. The number of pyridine rings is 1. The van der Waals surface area contributed by atoms with E-state index in [2.05, 4.69) is 15.3 Å². The Morgan fingerprint density at radius 1 is 1.31 bits per heavy atom. The predicted molar refractivity (Wildman–Crippen MR) is 112 cm³/mol. The maximum Gasteiger partial charge on any atom is 0.311 e. The molecular formula is C23H21F3N4O2. The molecule has 1 aromatic carbocycles. The third-order valence-electron chi connectivity index (χ3n) is 6.46. The first kappa shape index (κ1) is 21.7. The van der Waals surface area contributed by atoms with Crippen molar-refractivity contribution >= 4 is 22.7 Å². The van der Waals surface area contributed by atoms with E-state index in [1.807, 2.05) is 6.07 Å². The van der Waals surface area contributed by atoms with E-state index in [0.29, 0.717) is 19.3 Å². The van der Waals surface area contributed by atoms with E-state index in [9.17, 15) is 28.3 Å². The molecule has 9 heteroatoms. The zero-order chi connectivity index (χ0) is 23.0. The van der Waals surface area contributed by atoms with Crippen molar-refractivity contribution in [2.75, 3.05) is 5.32 Å². The van der Waals surface area contributed by atoms with E-state index >= 15 is 0 Å². The lowest BCUT2D eigenvalue weighted by atomic mass is 9.68. The van der Waals surface area contributed by atoms with Crippen LogP contribution in [0.25, 0.3) is 22.2 Å². The normalized spacial score (nSPS) is 20.8. The molecule has 2 atom stereocenters. The van der Waals surface area contributed by atoms with Crippen LogP contribution in [0.1, 0.15) is 44.6 Å². The van der Waals surface area contributed by atoms with E-state index < -0.39 is 34.9 Å². The molecule has 0 saturated heterocycles. The molecule has 4 rings (SSSR count). The molecule has 1 aliphatic rings. The van der Waals surface area contributed by atoms with Crippen LogP contribution in [0.15, 0.2) is 24.4 Å². The number of hydrogen-bond donors (Lipinski definition) is 3. The number of nitrogens with one attached hydrogen (secondary N) is 2. The molecule has 1 fully saturated rings. The second-order valence-corrected chi connectivity index (χ2v) is 8.10. The van der Waals surface area contributed by atoms with Gasteiger partial charge >= 0.3 is 5.97 Å². The number of hydrogen-bond acceptors (Lipinski definition) is 4. The molecule has 1 unspecified atom stereocenters. The Labute approximate surface area is 182 Å². The summed E-state index contributed by atoms with van der Waals surface area (Å²) in [6.07, 6.45) is 4.29. The summed E-state index contributed by atoms with van der Waals surface area (Å²) >= 11 is 0. The first-order valence-corrected chi connectivity index (χ1v) is 10.4. The number of H-pyrrole nitrogens is 1. The van der Waals surface area contributed by atoms with E-state index in [0.717, 1.165) is 31.0 Å². The van der Waals surface area contributed by atoms with Crippen LogP contribution in [-0.4, -0.2) is 27.1 Å². The molecule has 6 nitrogen and oxygen atoms in total. The Morgan fingerprint density at radius 3 is 2.78 bits per heavy atom. The van der Waals surface area contributed by atoms with Crippen LogP contribution < -0.4 is 5.32 Å². The number of nitrogens with zero attached hydrogens (tertiary/aromatic N) is 2. The topological polar surface area (TPSA) is 102 Å². The van der Waals surface area contributed by atoms with Crippen molar-refractivity contribution in [3.05, 3.63) is 47.4 Å². The van der Waals surface area contributed by atoms with Crippen LogP contribution in [0.5, 0.6) is 0 Å². The van der Waals surface area contributed by atoms with E-state index in [4.69, 9.17) is 0 Å². The van der Waals surface area contributed by atoms with Gasteiger partial charge in [0.05, 0.1) is 22.2 Å². The van der Waals surface area contributed by atoms with Gasteiger partial charge < -0.3 is 15.4 Å². The highest BCUT2D eigenvalue weighted by Crippen LogP contribution is 2.42. The standard InChI is InChI=1S/C23H21F3N4O2/c1-2-23(22(31)32)6-4-3-5-18(23)29-21-17(26)7-12(10-27)19(30-21)15-11-28-20-14(15)8-13(24)9-16(20)25/h7-9,11,18,28H,2-6H2,1H3,(H,29,30)(H,31,32)/t18?,23-/m1/s1. The minimum absolute atomic E-state index is 0.0362. The molecule has 0 bridgehead atoms. The van der Waals surface area contributed by atoms with Crippen LogP contribution in [0, 0.1) is 34.2 Å². The second kappa shape index (κ2) is 8.19. The number of halogens is 3. The van der Waals surface area contributed by atoms with Crippen LogP contribution in [-0.2, 0) is 4.79 Å². The quantitative estimate of drug-likeness (QED) is 0.494. The first-order chi connectivity index (χ1) is 15.3. The fraction of sp³-hybridized carbons (Fsp3) is 0.348. The van der Waals surface area contributed by atoms with E-state index in [1.165, 1.54) is 6.20 Å². The van der Waals surface area contributed by atoms with Gasteiger partial charge in [0, 0.05) is 29.3 Å². The number of carboxylic acids is 1. The van der Waals surface area contributed by atoms with Crippen LogP contribution in [0.2, 0.25) is 0 Å². The molecule has 3 N–H and O–H groups in total. The number of fused-ring (bicyclic) bond motifs is 1. The molecule has 0 aliphatic heterocycles. The molecule has 1 aliphatic carbocycles. The Kier molecular flexibility index (Phi) is 5.55. The number of aromatic nitrogens is 2. The Bertz CT molecular complexity index is 1250. The summed E-state index contributed by atoms with van der Waals surface area (Å²) in [7, 11) is 0. The number of carboxylic acid groups (broad SMARTS) is 1. The number of nitriles is 1. The average Bonchev–Trinajstić information content (AvgIpc) is 3.19. The minimum Gasteiger partial charge on any atom is -0.481 e. The Hall–Kier alpha value is -3.54. The number of aromatic amines is 1. The lowest BCUT2D eigenvalue weighted by Crippen LogP contribution is -2.48. The van der Waals surface area contributed by atoms with Crippen molar-refractivity contribution in [3.63, 3.8) is 0 Å². The Morgan fingerprint density at radius 2 is 2.09 bits per heavy atom. The maximum atomic E-state index is 14.9. The molecule has 0 amide bonds. The van der Waals surface area contributed by atoms with Gasteiger partial charge in [0.25, 0.3) is 0 Å². The third-order valence-corrected chi connectivity index (χ3v) is 6.46. The summed E-state index contributed by atoms with van der Waals surface area (Å²) < 4.78 is 42.8. The summed E-state index contributed by atoms with van der Waals surface area (Å²) in [5.41, 5.74) is -0.855. The lowest BCUT2D eigenvalue weighted by molar-refractivity contribution is -0.152. The smallest absolute Gasteiger partial charge is 0.311 e. The van der Waals surface area contributed by atoms with Crippen molar-refractivity contribution in [2.24, 2.45) is 5.41 Å². The van der Waals surface area contributed by atoms with Gasteiger partial charge in [-0.15, -0.1) is 0 Å². The highest BCUT2D eigenvalue weighted by molar-refractivity contribution is 5.96. The van der Waals surface area contributed by atoms with Crippen LogP contribution in [0.3, 0.4) is 0 Å².